The molecule has 0 atom stereocenters. The lowest BCUT2D eigenvalue weighted by molar-refractivity contribution is 0.416. The number of hydrogen-bond acceptors (Lipinski definition) is 2. The quantitative estimate of drug-likeness (QED) is 0.354. The molecule has 6 aromatic rings. The van der Waals surface area contributed by atoms with E-state index < -0.39 is 0 Å². The van der Waals surface area contributed by atoms with Crippen LogP contribution in [0.3, 0.4) is 0 Å². The first-order valence-corrected chi connectivity index (χ1v) is 9.62. The maximum absolute atomic E-state index is 13.5. The van der Waals surface area contributed by atoms with Crippen LogP contribution in [0.25, 0.3) is 49.1 Å². The lowest BCUT2D eigenvalue weighted by Gasteiger charge is -2.10. The van der Waals surface area contributed by atoms with Crippen LogP contribution in [-0.2, 0) is 0 Å². The number of rotatable bonds is 2. The molecular formula is C26H17NO2. The maximum atomic E-state index is 13.5. The molecule has 0 spiro atoms. The van der Waals surface area contributed by atoms with Crippen molar-refractivity contribution in [2.75, 3.05) is 7.11 Å². The molecule has 0 bridgehead atoms. The molecule has 138 valence electrons. The molecule has 6 rings (SSSR count). The monoisotopic (exact) mass is 375 g/mol. The van der Waals surface area contributed by atoms with Crippen LogP contribution in [0.2, 0.25) is 0 Å². The largest absolute Gasteiger partial charge is 0.497 e. The minimum Gasteiger partial charge on any atom is -0.497 e. The van der Waals surface area contributed by atoms with Crippen LogP contribution in [0.1, 0.15) is 0 Å². The van der Waals surface area contributed by atoms with Crippen LogP contribution in [0.15, 0.2) is 89.7 Å². The molecule has 2 heterocycles. The van der Waals surface area contributed by atoms with Gasteiger partial charge in [-0.2, -0.15) is 0 Å². The lowest BCUT2D eigenvalue weighted by atomic mass is 9.98. The Morgan fingerprint density at radius 2 is 1.38 bits per heavy atom. The molecule has 29 heavy (non-hydrogen) atoms. The van der Waals surface area contributed by atoms with E-state index in [-0.39, 0.29) is 5.56 Å². The Hall–Kier alpha value is -3.85. The van der Waals surface area contributed by atoms with E-state index in [1.54, 1.807) is 7.11 Å². The van der Waals surface area contributed by atoms with Crippen LogP contribution in [0.4, 0.5) is 0 Å². The molecule has 0 saturated carbocycles. The van der Waals surface area contributed by atoms with Gasteiger partial charge in [0.15, 0.2) is 0 Å². The lowest BCUT2D eigenvalue weighted by Crippen LogP contribution is -2.12. The third kappa shape index (κ3) is 2.15. The van der Waals surface area contributed by atoms with Crippen molar-refractivity contribution in [2.24, 2.45) is 0 Å². The fraction of sp³-hybridized carbons (Fsp3) is 0.0385. The highest BCUT2D eigenvalue weighted by Gasteiger charge is 2.18. The van der Waals surface area contributed by atoms with Crippen molar-refractivity contribution in [3.63, 3.8) is 0 Å². The number of fused-ring (bicyclic) bond motifs is 5. The van der Waals surface area contributed by atoms with E-state index in [0.29, 0.717) is 5.39 Å². The first-order valence-electron chi connectivity index (χ1n) is 9.62. The second kappa shape index (κ2) is 5.82. The van der Waals surface area contributed by atoms with Crippen LogP contribution in [0, 0.1) is 0 Å². The normalized spacial score (nSPS) is 11.8. The molecule has 0 aliphatic rings. The number of para-hydroxylation sites is 1. The summed E-state index contributed by atoms with van der Waals surface area (Å²) in [5.74, 6) is 0.792. The van der Waals surface area contributed by atoms with Gasteiger partial charge in [-0.05, 0) is 46.8 Å². The van der Waals surface area contributed by atoms with Crippen molar-refractivity contribution in [1.29, 1.82) is 0 Å². The summed E-state index contributed by atoms with van der Waals surface area (Å²) in [6.45, 7) is 0. The van der Waals surface area contributed by atoms with E-state index in [1.807, 2.05) is 65.1 Å². The van der Waals surface area contributed by atoms with Gasteiger partial charge in [0.05, 0.1) is 18.1 Å². The SMILES string of the molecule is COc1cc2c3cc(-c4ccccc4)ccc3c(=O)n3c4ccccc4c(c1)c23. The van der Waals surface area contributed by atoms with Gasteiger partial charge in [0.25, 0.3) is 5.56 Å². The van der Waals surface area contributed by atoms with Crippen molar-refractivity contribution in [3.8, 4) is 16.9 Å². The zero-order valence-electron chi connectivity index (χ0n) is 15.8. The number of methoxy groups -OCH3 is 1. The van der Waals surface area contributed by atoms with E-state index in [1.165, 1.54) is 0 Å². The van der Waals surface area contributed by atoms with Gasteiger partial charge in [0.2, 0.25) is 0 Å². The number of benzene rings is 4. The van der Waals surface area contributed by atoms with Crippen LogP contribution < -0.4 is 10.3 Å². The zero-order valence-corrected chi connectivity index (χ0v) is 15.8. The molecule has 0 fully saturated rings. The van der Waals surface area contributed by atoms with Crippen LogP contribution in [0.5, 0.6) is 5.75 Å². The fourth-order valence-corrected chi connectivity index (χ4v) is 4.49. The molecule has 4 aromatic carbocycles. The second-order valence-corrected chi connectivity index (χ2v) is 7.36. The molecule has 0 N–H and O–H groups in total. The fourth-order valence-electron chi connectivity index (χ4n) is 4.49. The molecule has 0 aliphatic carbocycles. The highest BCUT2D eigenvalue weighted by molar-refractivity contribution is 6.21. The van der Waals surface area contributed by atoms with Crippen molar-refractivity contribution in [2.45, 2.75) is 0 Å². The Labute approximate surface area is 166 Å². The summed E-state index contributed by atoms with van der Waals surface area (Å²) in [5.41, 5.74) is 4.13. The average molecular weight is 375 g/mol. The van der Waals surface area contributed by atoms with Gasteiger partial charge >= 0.3 is 0 Å². The van der Waals surface area contributed by atoms with Crippen molar-refractivity contribution in [3.05, 3.63) is 95.3 Å². The maximum Gasteiger partial charge on any atom is 0.263 e. The van der Waals surface area contributed by atoms with Gasteiger partial charge in [-0.1, -0.05) is 54.6 Å². The van der Waals surface area contributed by atoms with E-state index in [2.05, 4.69) is 24.3 Å². The Bertz CT molecular complexity index is 1600. The summed E-state index contributed by atoms with van der Waals surface area (Å²) in [6, 6.07) is 28.5. The molecule has 0 unspecified atom stereocenters. The average Bonchev–Trinajstić information content (AvgIpc) is 3.12. The Morgan fingerprint density at radius 3 is 2.17 bits per heavy atom. The first-order chi connectivity index (χ1) is 14.3. The topological polar surface area (TPSA) is 30.7 Å². The van der Waals surface area contributed by atoms with Gasteiger partial charge in [0.1, 0.15) is 5.75 Å². The van der Waals surface area contributed by atoms with E-state index in [4.69, 9.17) is 4.74 Å². The first kappa shape index (κ1) is 16.1. The Balaban J connectivity index is 1.87. The van der Waals surface area contributed by atoms with Crippen molar-refractivity contribution >= 4 is 38.0 Å². The van der Waals surface area contributed by atoms with Crippen LogP contribution >= 0.6 is 0 Å². The number of ether oxygens (including phenoxy) is 1. The van der Waals surface area contributed by atoms with E-state index >= 15 is 0 Å². The summed E-state index contributed by atoms with van der Waals surface area (Å²) in [7, 11) is 1.68. The van der Waals surface area contributed by atoms with Gasteiger partial charge in [-0.25, -0.2) is 0 Å². The number of nitrogens with zero attached hydrogens (tertiary/aromatic N) is 1. The molecule has 0 radical (unpaired) electrons. The predicted molar refractivity (Wildman–Crippen MR) is 119 cm³/mol. The van der Waals surface area contributed by atoms with Gasteiger partial charge in [-0.3, -0.25) is 9.20 Å². The highest BCUT2D eigenvalue weighted by atomic mass is 16.5. The predicted octanol–water partition coefficient (Wildman–Crippen LogP) is 5.87. The smallest absolute Gasteiger partial charge is 0.263 e. The highest BCUT2D eigenvalue weighted by Crippen LogP contribution is 2.38. The molecular weight excluding hydrogens is 358 g/mol. The molecule has 0 aliphatic heterocycles. The van der Waals surface area contributed by atoms with Gasteiger partial charge < -0.3 is 4.74 Å². The Kier molecular flexibility index (Phi) is 3.24. The second-order valence-electron chi connectivity index (χ2n) is 7.36. The minimum absolute atomic E-state index is 0.0171. The van der Waals surface area contributed by atoms with Crippen molar-refractivity contribution < 1.29 is 4.74 Å². The molecule has 0 saturated heterocycles. The number of hydrogen-bond donors (Lipinski definition) is 0. The molecule has 2 aromatic heterocycles. The molecule has 3 nitrogen and oxygen atoms in total. The van der Waals surface area contributed by atoms with Gasteiger partial charge in [0, 0.05) is 21.5 Å². The zero-order chi connectivity index (χ0) is 19.5. The summed E-state index contributed by atoms with van der Waals surface area (Å²) in [4.78, 5) is 13.5. The number of pyridine rings is 1. The Morgan fingerprint density at radius 1 is 0.655 bits per heavy atom. The van der Waals surface area contributed by atoms with E-state index in [0.717, 1.165) is 49.5 Å². The summed E-state index contributed by atoms with van der Waals surface area (Å²) < 4.78 is 7.46. The van der Waals surface area contributed by atoms with Crippen LogP contribution in [-0.4, -0.2) is 11.5 Å². The summed E-state index contributed by atoms with van der Waals surface area (Å²) in [5, 5.41) is 4.80. The summed E-state index contributed by atoms with van der Waals surface area (Å²) >= 11 is 0. The third-order valence-electron chi connectivity index (χ3n) is 5.83. The standard InChI is InChI=1S/C26H17NO2/c1-29-18-14-22-19-9-5-6-10-24(19)27-25(22)23(15-18)21-13-17(11-12-20(21)26(27)28)16-7-3-2-4-8-16/h2-15H,1H3. The summed E-state index contributed by atoms with van der Waals surface area (Å²) in [6.07, 6.45) is 0. The molecule has 3 heteroatoms. The van der Waals surface area contributed by atoms with Crippen molar-refractivity contribution in [1.82, 2.24) is 4.40 Å². The minimum atomic E-state index is 0.0171. The third-order valence-corrected chi connectivity index (χ3v) is 5.83. The number of aromatic nitrogens is 1. The van der Waals surface area contributed by atoms with E-state index in [9.17, 15) is 4.79 Å². The van der Waals surface area contributed by atoms with Gasteiger partial charge in [-0.15, -0.1) is 0 Å². The molecule has 0 amide bonds.